The van der Waals surface area contributed by atoms with Crippen LogP contribution >= 0.6 is 15.9 Å². The maximum atomic E-state index is 12.0. The van der Waals surface area contributed by atoms with Crippen molar-refractivity contribution in [1.82, 2.24) is 10.6 Å². The molecule has 2 aliphatic rings. The molecule has 1 aromatic carbocycles. The number of hydrogen-bond acceptors (Lipinski definition) is 3. The topological polar surface area (TPSA) is 87.3 Å². The molecule has 1 atom stereocenters. The van der Waals surface area contributed by atoms with Crippen molar-refractivity contribution < 1.29 is 14.4 Å². The van der Waals surface area contributed by atoms with Gasteiger partial charge < -0.3 is 10.6 Å². The lowest BCUT2D eigenvalue weighted by Gasteiger charge is -2.17. The molecular weight excluding hydrogens is 290 g/mol. The van der Waals surface area contributed by atoms with E-state index in [1.165, 1.54) is 0 Å². The highest BCUT2D eigenvalue weighted by Crippen LogP contribution is 2.41. The van der Waals surface area contributed by atoms with Gasteiger partial charge in [0.1, 0.15) is 0 Å². The zero-order chi connectivity index (χ0) is 12.2. The quantitative estimate of drug-likeness (QED) is 0.479. The third-order valence-electron chi connectivity index (χ3n) is 2.87. The number of carbonyl (C=O) groups excluding carboxylic acids is 3. The van der Waals surface area contributed by atoms with Crippen molar-refractivity contribution in [3.05, 3.63) is 28.2 Å². The Morgan fingerprint density at radius 2 is 1.76 bits per heavy atom. The smallest absolute Gasteiger partial charge is 0.322 e. The molecular formula is C10H6BrN3O3. The van der Waals surface area contributed by atoms with Crippen LogP contribution in [-0.2, 0) is 15.1 Å². The molecule has 0 saturated carbocycles. The van der Waals surface area contributed by atoms with E-state index in [-0.39, 0.29) is 0 Å². The van der Waals surface area contributed by atoms with Crippen LogP contribution in [0.25, 0.3) is 0 Å². The van der Waals surface area contributed by atoms with Gasteiger partial charge in [-0.05, 0) is 22.0 Å². The highest BCUT2D eigenvalue weighted by atomic mass is 79.9. The molecule has 2 aliphatic heterocycles. The number of hydrogen-bond donors (Lipinski definition) is 3. The summed E-state index contributed by atoms with van der Waals surface area (Å²) in [5.74, 6) is -1.21. The van der Waals surface area contributed by atoms with Gasteiger partial charge in [-0.25, -0.2) is 4.79 Å². The zero-order valence-electron chi connectivity index (χ0n) is 8.33. The van der Waals surface area contributed by atoms with Crippen LogP contribution in [0.15, 0.2) is 22.7 Å². The van der Waals surface area contributed by atoms with E-state index >= 15 is 0 Å². The standard InChI is InChI=1S/C10H6BrN3O3/c11-5-3-1-2-4-6(5)12-7(15)10(4)8(16)13-9(17)14-10/h1-3H,(H,12,15)(H2,13,14,16,17). The molecule has 0 radical (unpaired) electrons. The van der Waals surface area contributed by atoms with E-state index in [4.69, 9.17) is 0 Å². The molecule has 1 saturated heterocycles. The molecule has 0 aromatic heterocycles. The summed E-state index contributed by atoms with van der Waals surface area (Å²) in [6.07, 6.45) is 0. The van der Waals surface area contributed by atoms with E-state index in [1.807, 2.05) is 0 Å². The third-order valence-corrected chi connectivity index (χ3v) is 3.53. The molecule has 0 aliphatic carbocycles. The van der Waals surface area contributed by atoms with Crippen LogP contribution in [0.3, 0.4) is 0 Å². The second-order valence-corrected chi connectivity index (χ2v) is 4.63. The SMILES string of the molecule is O=C1NC(=O)C2(N1)C(=O)Nc1c(Br)cccc12. The van der Waals surface area contributed by atoms with Gasteiger partial charge in [0, 0.05) is 10.0 Å². The van der Waals surface area contributed by atoms with Crippen LogP contribution in [0.1, 0.15) is 5.56 Å². The summed E-state index contributed by atoms with van der Waals surface area (Å²) < 4.78 is 0.661. The second kappa shape index (κ2) is 3.07. The van der Waals surface area contributed by atoms with E-state index in [2.05, 4.69) is 31.9 Å². The maximum Gasteiger partial charge on any atom is 0.323 e. The number of carbonyl (C=O) groups is 3. The third kappa shape index (κ3) is 1.11. The number of nitrogens with one attached hydrogen (secondary N) is 3. The number of para-hydroxylation sites is 1. The summed E-state index contributed by atoms with van der Waals surface area (Å²) in [7, 11) is 0. The molecule has 3 N–H and O–H groups in total. The Labute approximate surface area is 104 Å². The van der Waals surface area contributed by atoms with E-state index < -0.39 is 23.4 Å². The molecule has 1 fully saturated rings. The van der Waals surface area contributed by atoms with Crippen LogP contribution in [0.5, 0.6) is 0 Å². The molecule has 2 heterocycles. The normalized spacial score (nSPS) is 25.6. The summed E-state index contributed by atoms with van der Waals surface area (Å²) in [5.41, 5.74) is -0.675. The van der Waals surface area contributed by atoms with E-state index in [0.717, 1.165) is 0 Å². The first kappa shape index (κ1) is 10.3. The fraction of sp³-hybridized carbons (Fsp3) is 0.100. The first-order valence-corrected chi connectivity index (χ1v) is 5.59. The predicted molar refractivity (Wildman–Crippen MR) is 61.1 cm³/mol. The Morgan fingerprint density at radius 1 is 1.06 bits per heavy atom. The molecule has 1 unspecified atom stereocenters. The van der Waals surface area contributed by atoms with Crippen LogP contribution in [0.2, 0.25) is 0 Å². The highest BCUT2D eigenvalue weighted by Gasteiger charge is 2.58. The molecule has 3 rings (SSSR count). The molecule has 86 valence electrons. The van der Waals surface area contributed by atoms with Crippen molar-refractivity contribution in [1.29, 1.82) is 0 Å². The Balaban J connectivity index is 2.28. The molecule has 1 aromatic rings. The van der Waals surface area contributed by atoms with Gasteiger partial charge in [0.25, 0.3) is 11.8 Å². The summed E-state index contributed by atoms with van der Waals surface area (Å²) in [6.45, 7) is 0. The largest absolute Gasteiger partial charge is 0.323 e. The summed E-state index contributed by atoms with van der Waals surface area (Å²) in [4.78, 5) is 35.0. The van der Waals surface area contributed by atoms with E-state index in [1.54, 1.807) is 18.2 Å². The van der Waals surface area contributed by atoms with Crippen molar-refractivity contribution >= 4 is 39.5 Å². The predicted octanol–water partition coefficient (Wildman–Crippen LogP) is 0.436. The zero-order valence-corrected chi connectivity index (χ0v) is 9.92. The van der Waals surface area contributed by atoms with Gasteiger partial charge in [-0.15, -0.1) is 0 Å². The fourth-order valence-electron chi connectivity index (χ4n) is 2.10. The van der Waals surface area contributed by atoms with Crippen molar-refractivity contribution in [2.75, 3.05) is 5.32 Å². The van der Waals surface area contributed by atoms with Crippen LogP contribution in [-0.4, -0.2) is 17.8 Å². The van der Waals surface area contributed by atoms with Crippen LogP contribution in [0, 0.1) is 0 Å². The lowest BCUT2D eigenvalue weighted by atomic mass is 9.92. The minimum atomic E-state index is -1.63. The van der Waals surface area contributed by atoms with Gasteiger partial charge in [0.15, 0.2) is 0 Å². The fourth-order valence-corrected chi connectivity index (χ4v) is 2.56. The van der Waals surface area contributed by atoms with Gasteiger partial charge in [-0.1, -0.05) is 12.1 Å². The highest BCUT2D eigenvalue weighted by molar-refractivity contribution is 9.10. The number of fused-ring (bicyclic) bond motifs is 2. The Kier molecular flexibility index (Phi) is 1.86. The number of imide groups is 1. The van der Waals surface area contributed by atoms with Gasteiger partial charge in [0.05, 0.1) is 5.69 Å². The van der Waals surface area contributed by atoms with Crippen LogP contribution < -0.4 is 16.0 Å². The lowest BCUT2D eigenvalue weighted by molar-refractivity contribution is -0.132. The van der Waals surface area contributed by atoms with E-state index in [0.29, 0.717) is 15.7 Å². The molecule has 17 heavy (non-hydrogen) atoms. The van der Waals surface area contributed by atoms with E-state index in [9.17, 15) is 14.4 Å². The average Bonchev–Trinajstić information content (AvgIpc) is 2.71. The Hall–Kier alpha value is -1.89. The number of halogens is 1. The van der Waals surface area contributed by atoms with Crippen molar-refractivity contribution in [3.63, 3.8) is 0 Å². The molecule has 1 spiro atoms. The molecule has 6 nitrogen and oxygen atoms in total. The monoisotopic (exact) mass is 295 g/mol. The average molecular weight is 296 g/mol. The first-order chi connectivity index (χ1) is 8.05. The van der Waals surface area contributed by atoms with Gasteiger partial charge in [-0.3, -0.25) is 14.9 Å². The van der Waals surface area contributed by atoms with Gasteiger partial charge in [0.2, 0.25) is 5.54 Å². The second-order valence-electron chi connectivity index (χ2n) is 3.77. The van der Waals surface area contributed by atoms with Crippen molar-refractivity contribution in [2.45, 2.75) is 5.54 Å². The van der Waals surface area contributed by atoms with Gasteiger partial charge in [-0.2, -0.15) is 0 Å². The number of urea groups is 1. The molecule has 0 bridgehead atoms. The minimum absolute atomic E-state index is 0.445. The molecule has 4 amide bonds. The summed E-state index contributed by atoms with van der Waals surface area (Å²) >= 11 is 3.28. The first-order valence-electron chi connectivity index (χ1n) is 4.80. The number of anilines is 1. The van der Waals surface area contributed by atoms with Crippen LogP contribution in [0.4, 0.5) is 10.5 Å². The minimum Gasteiger partial charge on any atom is -0.322 e. The van der Waals surface area contributed by atoms with Crippen molar-refractivity contribution in [3.8, 4) is 0 Å². The summed E-state index contributed by atoms with van der Waals surface area (Å²) in [6, 6.07) is 4.40. The lowest BCUT2D eigenvalue weighted by Crippen LogP contribution is -2.49. The number of amides is 4. The summed E-state index contributed by atoms with van der Waals surface area (Å²) in [5, 5.41) is 7.04. The van der Waals surface area contributed by atoms with Crippen molar-refractivity contribution in [2.24, 2.45) is 0 Å². The number of rotatable bonds is 0. The Bertz CT molecular complexity index is 586. The maximum absolute atomic E-state index is 12.0. The Morgan fingerprint density at radius 3 is 2.41 bits per heavy atom. The number of benzene rings is 1. The molecule has 7 heteroatoms. The van der Waals surface area contributed by atoms with Gasteiger partial charge >= 0.3 is 6.03 Å².